The fourth-order valence-corrected chi connectivity index (χ4v) is 2.73. The van der Waals surface area contributed by atoms with Crippen LogP contribution in [0.2, 0.25) is 0 Å². The summed E-state index contributed by atoms with van der Waals surface area (Å²) < 4.78 is 5.29. The highest BCUT2D eigenvalue weighted by atomic mass is 16.3. The number of carbonyl (C=O) groups excluding carboxylic acids is 2. The van der Waals surface area contributed by atoms with Gasteiger partial charge in [0.2, 0.25) is 11.8 Å². The Morgan fingerprint density at radius 2 is 1.79 bits per heavy atom. The predicted molar refractivity (Wildman–Crippen MR) is 91.4 cm³/mol. The number of amides is 2. The van der Waals surface area contributed by atoms with Crippen molar-refractivity contribution in [3.05, 3.63) is 24.2 Å². The molecule has 2 rings (SSSR count). The Bertz CT molecular complexity index is 510. The molecule has 24 heavy (non-hydrogen) atoms. The van der Waals surface area contributed by atoms with Gasteiger partial charge in [0.05, 0.1) is 25.4 Å². The SMILES string of the molecule is CCCNC(=O)CN1CCN(CC(=O)NC(C)c2ccco2)CC1. The van der Waals surface area contributed by atoms with Crippen LogP contribution in [0.15, 0.2) is 22.8 Å². The van der Waals surface area contributed by atoms with E-state index in [1.165, 1.54) is 0 Å². The average Bonchev–Trinajstić information content (AvgIpc) is 3.09. The number of hydrogen-bond donors (Lipinski definition) is 2. The summed E-state index contributed by atoms with van der Waals surface area (Å²) in [5, 5.41) is 5.83. The lowest BCUT2D eigenvalue weighted by Gasteiger charge is -2.34. The second-order valence-electron chi connectivity index (χ2n) is 6.21. The standard InChI is InChI=1S/C17H28N4O3/c1-3-6-18-16(22)12-20-7-9-21(10-8-20)13-17(23)19-14(2)15-5-4-11-24-15/h4-5,11,14H,3,6-10,12-13H2,1-2H3,(H,18,22)(H,19,23). The van der Waals surface area contributed by atoms with Gasteiger partial charge in [-0.3, -0.25) is 19.4 Å². The van der Waals surface area contributed by atoms with E-state index < -0.39 is 0 Å². The zero-order chi connectivity index (χ0) is 17.4. The van der Waals surface area contributed by atoms with E-state index in [9.17, 15) is 9.59 Å². The van der Waals surface area contributed by atoms with Gasteiger partial charge in [0.25, 0.3) is 0 Å². The fraction of sp³-hybridized carbons (Fsp3) is 0.647. The third-order valence-corrected chi connectivity index (χ3v) is 4.12. The lowest BCUT2D eigenvalue weighted by molar-refractivity contribution is -0.125. The maximum atomic E-state index is 12.1. The minimum atomic E-state index is -0.129. The molecule has 0 radical (unpaired) electrons. The Labute approximate surface area is 143 Å². The van der Waals surface area contributed by atoms with Crippen LogP contribution in [-0.2, 0) is 9.59 Å². The van der Waals surface area contributed by atoms with Gasteiger partial charge in [-0.1, -0.05) is 6.92 Å². The number of piperazine rings is 1. The summed E-state index contributed by atoms with van der Waals surface area (Å²) in [6.45, 7) is 8.69. The zero-order valence-electron chi connectivity index (χ0n) is 14.6. The molecular weight excluding hydrogens is 308 g/mol. The van der Waals surface area contributed by atoms with E-state index in [0.717, 1.165) is 44.9 Å². The molecule has 1 unspecified atom stereocenters. The van der Waals surface area contributed by atoms with Gasteiger partial charge in [-0.25, -0.2) is 0 Å². The van der Waals surface area contributed by atoms with Crippen molar-refractivity contribution in [1.29, 1.82) is 0 Å². The van der Waals surface area contributed by atoms with Crippen molar-refractivity contribution in [3.63, 3.8) is 0 Å². The third kappa shape index (κ3) is 5.98. The lowest BCUT2D eigenvalue weighted by Crippen LogP contribution is -2.51. The Morgan fingerprint density at radius 1 is 1.17 bits per heavy atom. The van der Waals surface area contributed by atoms with Crippen molar-refractivity contribution in [2.45, 2.75) is 26.3 Å². The number of furan rings is 1. The maximum absolute atomic E-state index is 12.1. The molecule has 7 heteroatoms. The van der Waals surface area contributed by atoms with Crippen molar-refractivity contribution in [3.8, 4) is 0 Å². The van der Waals surface area contributed by atoms with Crippen LogP contribution in [0.4, 0.5) is 0 Å². The van der Waals surface area contributed by atoms with Crippen molar-refractivity contribution in [2.24, 2.45) is 0 Å². The summed E-state index contributed by atoms with van der Waals surface area (Å²) in [5.41, 5.74) is 0. The molecule has 1 aliphatic heterocycles. The molecule has 2 heterocycles. The number of rotatable bonds is 8. The van der Waals surface area contributed by atoms with Crippen LogP contribution in [0.3, 0.4) is 0 Å². The topological polar surface area (TPSA) is 77.8 Å². The minimum absolute atomic E-state index is 0.00645. The zero-order valence-corrected chi connectivity index (χ0v) is 14.6. The van der Waals surface area contributed by atoms with Crippen LogP contribution in [-0.4, -0.2) is 67.4 Å². The van der Waals surface area contributed by atoms with Crippen molar-refractivity contribution in [2.75, 3.05) is 45.8 Å². The average molecular weight is 336 g/mol. The quantitative estimate of drug-likeness (QED) is 0.727. The summed E-state index contributed by atoms with van der Waals surface area (Å²) in [6.07, 6.45) is 2.55. The van der Waals surface area contributed by atoms with Crippen molar-refractivity contribution >= 4 is 11.8 Å². The van der Waals surface area contributed by atoms with E-state index in [1.54, 1.807) is 6.26 Å². The molecule has 1 aromatic heterocycles. The van der Waals surface area contributed by atoms with Crippen LogP contribution in [0.5, 0.6) is 0 Å². The molecular formula is C17H28N4O3. The molecule has 1 aliphatic rings. The van der Waals surface area contributed by atoms with Crippen LogP contribution >= 0.6 is 0 Å². The monoisotopic (exact) mass is 336 g/mol. The number of carbonyl (C=O) groups is 2. The first-order valence-corrected chi connectivity index (χ1v) is 8.62. The van der Waals surface area contributed by atoms with Crippen LogP contribution in [0, 0.1) is 0 Å². The molecule has 1 atom stereocenters. The van der Waals surface area contributed by atoms with Gasteiger partial charge in [0.15, 0.2) is 0 Å². The van der Waals surface area contributed by atoms with Gasteiger partial charge in [0.1, 0.15) is 5.76 Å². The van der Waals surface area contributed by atoms with E-state index in [0.29, 0.717) is 13.1 Å². The Kier molecular flexibility index (Phi) is 7.27. The van der Waals surface area contributed by atoms with Gasteiger partial charge in [-0.15, -0.1) is 0 Å². The van der Waals surface area contributed by atoms with Crippen LogP contribution < -0.4 is 10.6 Å². The summed E-state index contributed by atoms with van der Waals surface area (Å²) >= 11 is 0. The number of nitrogens with zero attached hydrogens (tertiary/aromatic N) is 2. The van der Waals surface area contributed by atoms with E-state index in [4.69, 9.17) is 4.42 Å². The molecule has 2 amide bonds. The van der Waals surface area contributed by atoms with Gasteiger partial charge in [-0.05, 0) is 25.5 Å². The predicted octanol–water partition coefficient (Wildman–Crippen LogP) is 0.601. The molecule has 0 aromatic carbocycles. The largest absolute Gasteiger partial charge is 0.467 e. The van der Waals surface area contributed by atoms with Gasteiger partial charge < -0.3 is 15.1 Å². The molecule has 1 saturated heterocycles. The highest BCUT2D eigenvalue weighted by Gasteiger charge is 2.21. The lowest BCUT2D eigenvalue weighted by atomic mass is 10.2. The summed E-state index contributed by atoms with van der Waals surface area (Å²) in [4.78, 5) is 28.1. The highest BCUT2D eigenvalue weighted by molar-refractivity contribution is 5.78. The van der Waals surface area contributed by atoms with Crippen molar-refractivity contribution in [1.82, 2.24) is 20.4 Å². The normalized spacial score (nSPS) is 17.4. The first-order valence-electron chi connectivity index (χ1n) is 8.62. The summed E-state index contributed by atoms with van der Waals surface area (Å²) in [5.74, 6) is 0.828. The maximum Gasteiger partial charge on any atom is 0.234 e. The smallest absolute Gasteiger partial charge is 0.234 e. The van der Waals surface area contributed by atoms with Crippen molar-refractivity contribution < 1.29 is 14.0 Å². The molecule has 1 fully saturated rings. The van der Waals surface area contributed by atoms with Crippen LogP contribution in [0.25, 0.3) is 0 Å². The Hall–Kier alpha value is -1.86. The van der Waals surface area contributed by atoms with E-state index in [1.807, 2.05) is 26.0 Å². The second kappa shape index (κ2) is 9.44. The third-order valence-electron chi connectivity index (χ3n) is 4.12. The fourth-order valence-electron chi connectivity index (χ4n) is 2.73. The van der Waals surface area contributed by atoms with E-state index >= 15 is 0 Å². The summed E-state index contributed by atoms with van der Waals surface area (Å²) in [7, 11) is 0. The first-order chi connectivity index (χ1) is 11.6. The Balaban J connectivity index is 1.65. The minimum Gasteiger partial charge on any atom is -0.467 e. The first kappa shape index (κ1) is 18.5. The van der Waals surface area contributed by atoms with Gasteiger partial charge >= 0.3 is 0 Å². The van der Waals surface area contributed by atoms with Gasteiger partial charge in [0, 0.05) is 32.7 Å². The Morgan fingerprint density at radius 3 is 2.33 bits per heavy atom. The molecule has 0 saturated carbocycles. The summed E-state index contributed by atoms with van der Waals surface area (Å²) in [6, 6.07) is 3.54. The van der Waals surface area contributed by atoms with Gasteiger partial charge in [-0.2, -0.15) is 0 Å². The molecule has 1 aromatic rings. The van der Waals surface area contributed by atoms with E-state index in [-0.39, 0.29) is 17.9 Å². The second-order valence-corrected chi connectivity index (χ2v) is 6.21. The molecule has 0 bridgehead atoms. The number of nitrogens with one attached hydrogen (secondary N) is 2. The molecule has 7 nitrogen and oxygen atoms in total. The molecule has 2 N–H and O–H groups in total. The molecule has 0 spiro atoms. The number of hydrogen-bond acceptors (Lipinski definition) is 5. The molecule has 0 aliphatic carbocycles. The molecule has 134 valence electrons. The highest BCUT2D eigenvalue weighted by Crippen LogP contribution is 2.12. The van der Waals surface area contributed by atoms with Crippen LogP contribution in [0.1, 0.15) is 32.1 Å². The van der Waals surface area contributed by atoms with E-state index in [2.05, 4.69) is 20.4 Å².